The summed E-state index contributed by atoms with van der Waals surface area (Å²) in [5.74, 6) is 2.97. The second-order valence-corrected chi connectivity index (χ2v) is 12.8. The first-order valence-electron chi connectivity index (χ1n) is 8.21. The zero-order valence-corrected chi connectivity index (χ0v) is 16.5. The van der Waals surface area contributed by atoms with Crippen molar-refractivity contribution in [1.29, 1.82) is 0 Å². The van der Waals surface area contributed by atoms with E-state index in [1.807, 2.05) is 6.92 Å². The molecular weight excluding hydrogens is 276 g/mol. The smallest absolute Gasteiger partial charge is 0.192 e. The second kappa shape index (κ2) is 7.81. The lowest BCUT2D eigenvalue weighted by molar-refractivity contribution is -0.0125. The van der Waals surface area contributed by atoms with Crippen LogP contribution >= 0.6 is 0 Å². The highest BCUT2D eigenvalue weighted by molar-refractivity contribution is 6.74. The molecule has 0 fully saturated rings. The maximum Gasteiger partial charge on any atom is 0.192 e. The summed E-state index contributed by atoms with van der Waals surface area (Å²) in [4.78, 5) is 0. The van der Waals surface area contributed by atoms with Crippen molar-refractivity contribution < 1.29 is 9.53 Å². The van der Waals surface area contributed by atoms with Crippen LogP contribution in [0.2, 0.25) is 18.1 Å². The van der Waals surface area contributed by atoms with Crippen molar-refractivity contribution in [1.82, 2.24) is 0 Å². The van der Waals surface area contributed by atoms with Crippen LogP contribution in [0.3, 0.4) is 0 Å². The summed E-state index contributed by atoms with van der Waals surface area (Å²) in [5.41, 5.74) is 0. The van der Waals surface area contributed by atoms with E-state index in [-0.39, 0.29) is 23.0 Å². The number of aliphatic hydroxyl groups excluding tert-OH is 1. The molecule has 1 N–H and O–H groups in total. The first-order valence-corrected chi connectivity index (χ1v) is 11.1. The second-order valence-electron chi connectivity index (χ2n) is 8.03. The lowest BCUT2D eigenvalue weighted by Gasteiger charge is -2.44. The van der Waals surface area contributed by atoms with Crippen molar-refractivity contribution in [2.75, 3.05) is 0 Å². The fourth-order valence-electron chi connectivity index (χ4n) is 2.24. The molecule has 0 aromatic carbocycles. The van der Waals surface area contributed by atoms with Gasteiger partial charge in [0.1, 0.15) is 0 Å². The molecule has 0 bridgehead atoms. The third kappa shape index (κ3) is 5.43. The first kappa shape index (κ1) is 20.7. The molecule has 0 heterocycles. The van der Waals surface area contributed by atoms with Crippen molar-refractivity contribution in [3.05, 3.63) is 0 Å². The molecule has 0 unspecified atom stereocenters. The fraction of sp³-hybridized carbons (Fsp3) is 0.889. The molecule has 0 aromatic heterocycles. The molecule has 0 aliphatic heterocycles. The summed E-state index contributed by atoms with van der Waals surface area (Å²) in [6.07, 6.45) is 6.06. The Hall–Kier alpha value is -0.303. The van der Waals surface area contributed by atoms with Gasteiger partial charge in [-0.3, -0.25) is 0 Å². The Morgan fingerprint density at radius 1 is 1.19 bits per heavy atom. The van der Waals surface area contributed by atoms with Crippen molar-refractivity contribution >= 4 is 8.32 Å². The van der Waals surface area contributed by atoms with Gasteiger partial charge in [-0.2, -0.15) is 0 Å². The summed E-state index contributed by atoms with van der Waals surface area (Å²) >= 11 is 0. The van der Waals surface area contributed by atoms with Gasteiger partial charge in [-0.1, -0.05) is 48.0 Å². The van der Waals surface area contributed by atoms with E-state index in [0.717, 1.165) is 6.42 Å². The van der Waals surface area contributed by atoms with Gasteiger partial charge in [0.05, 0.1) is 12.2 Å². The number of hydrogen-bond acceptors (Lipinski definition) is 2. The van der Waals surface area contributed by atoms with Crippen LogP contribution in [0, 0.1) is 30.1 Å². The highest BCUT2D eigenvalue weighted by atomic mass is 28.4. The van der Waals surface area contributed by atoms with E-state index < -0.39 is 14.4 Å². The Bertz CT molecular complexity index is 351. The minimum atomic E-state index is -1.86. The third-order valence-corrected chi connectivity index (χ3v) is 9.75. The maximum atomic E-state index is 10.5. The van der Waals surface area contributed by atoms with Crippen molar-refractivity contribution in [2.45, 2.75) is 85.2 Å². The Morgan fingerprint density at radius 3 is 2.00 bits per heavy atom. The highest BCUT2D eigenvalue weighted by Crippen LogP contribution is 2.40. The van der Waals surface area contributed by atoms with Crippen LogP contribution in [-0.4, -0.2) is 25.6 Å². The molecular formula is C18H36O2Si. The Morgan fingerprint density at radius 2 is 1.67 bits per heavy atom. The van der Waals surface area contributed by atoms with Crippen LogP contribution in [0.1, 0.15) is 54.9 Å². The Labute approximate surface area is 133 Å². The van der Waals surface area contributed by atoms with E-state index in [1.165, 1.54) is 0 Å². The zero-order valence-electron chi connectivity index (χ0n) is 15.5. The van der Waals surface area contributed by atoms with Gasteiger partial charge in [0.25, 0.3) is 0 Å². The van der Waals surface area contributed by atoms with Gasteiger partial charge in [0.15, 0.2) is 8.32 Å². The summed E-state index contributed by atoms with van der Waals surface area (Å²) in [7, 11) is -1.86. The van der Waals surface area contributed by atoms with Crippen molar-refractivity contribution in [2.24, 2.45) is 17.8 Å². The number of terminal acetylenes is 1. The van der Waals surface area contributed by atoms with E-state index in [9.17, 15) is 5.11 Å². The summed E-state index contributed by atoms with van der Waals surface area (Å²) in [6.45, 7) is 19.6. The third-order valence-electron chi connectivity index (χ3n) is 5.27. The van der Waals surface area contributed by atoms with E-state index in [1.54, 1.807) is 0 Å². The summed E-state index contributed by atoms with van der Waals surface area (Å²) < 4.78 is 6.64. The summed E-state index contributed by atoms with van der Waals surface area (Å²) in [5, 5.41) is 10.7. The van der Waals surface area contributed by atoms with Crippen molar-refractivity contribution in [3.63, 3.8) is 0 Å². The lowest BCUT2D eigenvalue weighted by atomic mass is 9.84. The van der Waals surface area contributed by atoms with Crippen molar-refractivity contribution in [3.8, 4) is 12.3 Å². The van der Waals surface area contributed by atoms with Gasteiger partial charge >= 0.3 is 0 Å². The van der Waals surface area contributed by atoms with E-state index in [4.69, 9.17) is 10.8 Å². The van der Waals surface area contributed by atoms with E-state index >= 15 is 0 Å². The summed E-state index contributed by atoms with van der Waals surface area (Å²) in [6, 6.07) is 0. The minimum Gasteiger partial charge on any atom is -0.413 e. The molecule has 124 valence electrons. The predicted octanol–water partition coefficient (Wildman–Crippen LogP) is 4.69. The quantitative estimate of drug-likeness (QED) is 0.546. The molecule has 5 atom stereocenters. The minimum absolute atomic E-state index is 0.0418. The molecule has 0 aliphatic rings. The molecule has 0 aromatic rings. The molecule has 0 aliphatic carbocycles. The average molecular weight is 313 g/mol. The number of aliphatic hydroxyl groups is 1. The maximum absolute atomic E-state index is 10.5. The largest absolute Gasteiger partial charge is 0.413 e. The van der Waals surface area contributed by atoms with Crippen LogP contribution in [0.25, 0.3) is 0 Å². The number of rotatable bonds is 7. The topological polar surface area (TPSA) is 29.5 Å². The van der Waals surface area contributed by atoms with Gasteiger partial charge in [-0.25, -0.2) is 0 Å². The normalized spacial score (nSPS) is 20.2. The lowest BCUT2D eigenvalue weighted by Crippen LogP contribution is -2.49. The molecule has 21 heavy (non-hydrogen) atoms. The molecule has 0 amide bonds. The standard InChI is InChI=1S/C18H36O2Si/c1-11-13(3)16(19)15(5)17(14(4)12-2)20-21(9,10)18(6,7)8/h1,13-17,19H,12H2,2-10H3/t13-,14+,15-,16-,17-/m1/s1. The Kier molecular flexibility index (Phi) is 7.69. The molecule has 0 radical (unpaired) electrons. The van der Waals surface area contributed by atoms with Gasteiger partial charge in [-0.15, -0.1) is 12.3 Å². The van der Waals surface area contributed by atoms with Crippen LogP contribution in [0.15, 0.2) is 0 Å². The van der Waals surface area contributed by atoms with Crippen LogP contribution in [-0.2, 0) is 4.43 Å². The molecule has 3 heteroatoms. The average Bonchev–Trinajstić information content (AvgIpc) is 2.40. The van der Waals surface area contributed by atoms with Gasteiger partial charge in [0, 0.05) is 11.8 Å². The molecule has 0 saturated carbocycles. The zero-order chi connectivity index (χ0) is 17.0. The van der Waals surface area contributed by atoms with Gasteiger partial charge < -0.3 is 9.53 Å². The van der Waals surface area contributed by atoms with E-state index in [0.29, 0.717) is 5.92 Å². The number of hydrogen-bond donors (Lipinski definition) is 1. The van der Waals surface area contributed by atoms with Crippen LogP contribution < -0.4 is 0 Å². The highest BCUT2D eigenvalue weighted by Gasteiger charge is 2.42. The fourth-order valence-corrected chi connectivity index (χ4v) is 3.72. The molecule has 0 saturated heterocycles. The molecule has 0 rings (SSSR count). The monoisotopic (exact) mass is 312 g/mol. The predicted molar refractivity (Wildman–Crippen MR) is 94.7 cm³/mol. The van der Waals surface area contributed by atoms with Gasteiger partial charge in [-0.05, 0) is 31.0 Å². The van der Waals surface area contributed by atoms with Gasteiger partial charge in [0.2, 0.25) is 0 Å². The first-order chi connectivity index (χ1) is 9.39. The Balaban J connectivity index is 5.29. The molecule has 2 nitrogen and oxygen atoms in total. The van der Waals surface area contributed by atoms with E-state index in [2.05, 4.69) is 60.6 Å². The SMILES string of the molecule is C#C[C@@H](C)[C@@H](O)[C@@H](C)[C@H](O[Si](C)(C)C(C)(C)C)[C@@H](C)CC. The van der Waals surface area contributed by atoms with Crippen LogP contribution in [0.4, 0.5) is 0 Å². The van der Waals surface area contributed by atoms with Crippen LogP contribution in [0.5, 0.6) is 0 Å². The molecule has 0 spiro atoms.